The molecule has 4 heterocycles. The fourth-order valence-electron chi connectivity index (χ4n) is 8.10. The number of para-hydroxylation sites is 1. The van der Waals surface area contributed by atoms with Crippen molar-refractivity contribution in [3.8, 4) is 33.9 Å². The Morgan fingerprint density at radius 2 is 1.16 bits per heavy atom. The number of ether oxygens (including phenoxy) is 1. The topological polar surface area (TPSA) is 74.2 Å². The van der Waals surface area contributed by atoms with Crippen LogP contribution in [0.25, 0.3) is 83.4 Å². The number of rotatable bonds is 4. The molecule has 5 aromatic carbocycles. The van der Waals surface area contributed by atoms with Crippen LogP contribution in [-0.4, -0.2) is 27.2 Å². The van der Waals surface area contributed by atoms with E-state index in [4.69, 9.17) is 28.5 Å². The molecule has 3 aliphatic rings. The van der Waals surface area contributed by atoms with Crippen LogP contribution >= 0.6 is 0 Å². The Kier molecular flexibility index (Phi) is 6.18. The van der Waals surface area contributed by atoms with Crippen LogP contribution in [0, 0.1) is 11.8 Å². The summed E-state index contributed by atoms with van der Waals surface area (Å²) < 4.78 is 19.2. The monoisotopic (exact) mass is 659 g/mol. The molecular formula is C45H29N3O3. The first kappa shape index (κ1) is 28.5. The fourth-order valence-corrected chi connectivity index (χ4v) is 8.10. The minimum absolute atomic E-state index is 0.0471. The van der Waals surface area contributed by atoms with Crippen LogP contribution in [0.15, 0.2) is 161 Å². The lowest BCUT2D eigenvalue weighted by molar-refractivity contribution is 0.0887. The fraction of sp³-hybridized carbons (Fsp3) is 0.0889. The van der Waals surface area contributed by atoms with Crippen LogP contribution in [0.2, 0.25) is 0 Å². The van der Waals surface area contributed by atoms with Gasteiger partial charge in [0.05, 0.1) is 12.2 Å². The second kappa shape index (κ2) is 11.1. The number of nitrogens with zero attached hydrogens (tertiary/aromatic N) is 3. The van der Waals surface area contributed by atoms with Gasteiger partial charge in [0.2, 0.25) is 0 Å². The Balaban J connectivity index is 1.06. The molecule has 51 heavy (non-hydrogen) atoms. The third kappa shape index (κ3) is 4.50. The van der Waals surface area contributed by atoms with Crippen molar-refractivity contribution < 1.29 is 13.6 Å². The van der Waals surface area contributed by atoms with E-state index in [-0.39, 0.29) is 18.1 Å². The van der Waals surface area contributed by atoms with Gasteiger partial charge >= 0.3 is 0 Å². The van der Waals surface area contributed by atoms with E-state index in [2.05, 4.69) is 85.0 Å². The number of hydrogen-bond acceptors (Lipinski definition) is 6. The van der Waals surface area contributed by atoms with E-state index < -0.39 is 0 Å². The van der Waals surface area contributed by atoms with Gasteiger partial charge in [0, 0.05) is 50.1 Å². The van der Waals surface area contributed by atoms with Crippen LogP contribution in [0.5, 0.6) is 0 Å². The summed E-state index contributed by atoms with van der Waals surface area (Å²) in [7, 11) is 0. The summed E-state index contributed by atoms with van der Waals surface area (Å²) in [4.78, 5) is 15.2. The minimum atomic E-state index is -0.0471. The van der Waals surface area contributed by atoms with Gasteiger partial charge in [0.1, 0.15) is 22.3 Å². The van der Waals surface area contributed by atoms with E-state index in [0.717, 1.165) is 71.7 Å². The molecule has 0 saturated carbocycles. The predicted octanol–water partition coefficient (Wildman–Crippen LogP) is 10.8. The molecule has 0 amide bonds. The van der Waals surface area contributed by atoms with Gasteiger partial charge in [-0.25, -0.2) is 15.0 Å². The first-order chi connectivity index (χ1) is 25.2. The van der Waals surface area contributed by atoms with Gasteiger partial charge in [0.25, 0.3) is 0 Å². The molecule has 0 bridgehead atoms. The maximum atomic E-state index is 6.57. The highest BCUT2D eigenvalue weighted by Crippen LogP contribution is 2.43. The van der Waals surface area contributed by atoms with Crippen LogP contribution in [0.3, 0.4) is 0 Å². The molecule has 4 atom stereocenters. The smallest absolute Gasteiger partial charge is 0.164 e. The van der Waals surface area contributed by atoms with E-state index in [0.29, 0.717) is 23.4 Å². The van der Waals surface area contributed by atoms with Crippen molar-refractivity contribution in [1.82, 2.24) is 15.0 Å². The molecule has 8 aromatic rings. The maximum absolute atomic E-state index is 6.57. The SMILES string of the molecule is C1=CC2OC3C=C(c4nc(-c5ccccc5)nc(-c5cccc6oc7cc(-c8cccc9oc%10ccccc%10c89)ccc7c56)n4)C=CC3C2C=C1. The zero-order chi connectivity index (χ0) is 33.5. The molecule has 3 aromatic heterocycles. The highest BCUT2D eigenvalue weighted by molar-refractivity contribution is 6.15. The van der Waals surface area contributed by atoms with Crippen molar-refractivity contribution in [2.75, 3.05) is 0 Å². The average molecular weight is 660 g/mol. The maximum Gasteiger partial charge on any atom is 0.164 e. The van der Waals surface area contributed by atoms with E-state index in [1.54, 1.807) is 0 Å². The van der Waals surface area contributed by atoms with Crippen LogP contribution in [0.4, 0.5) is 0 Å². The molecule has 1 aliphatic heterocycles. The summed E-state index contributed by atoms with van der Waals surface area (Å²) in [5, 5.41) is 4.17. The molecule has 0 radical (unpaired) electrons. The van der Waals surface area contributed by atoms with E-state index >= 15 is 0 Å². The number of benzene rings is 5. The van der Waals surface area contributed by atoms with E-state index in [1.165, 1.54) is 0 Å². The van der Waals surface area contributed by atoms with Crippen LogP contribution in [-0.2, 0) is 4.74 Å². The first-order valence-electron chi connectivity index (χ1n) is 17.3. The van der Waals surface area contributed by atoms with Gasteiger partial charge in [-0.2, -0.15) is 0 Å². The summed E-state index contributed by atoms with van der Waals surface area (Å²) in [6.07, 6.45) is 15.2. The lowest BCUT2D eigenvalue weighted by Crippen LogP contribution is -2.20. The molecule has 4 unspecified atom stereocenters. The summed E-state index contributed by atoms with van der Waals surface area (Å²) in [5.74, 6) is 2.44. The standard InChI is InChI=1S/C45H29N3O3/c1-2-10-26(11-3-1)43-46-44(28-21-22-31-30-12-4-6-16-35(30)50-39(31)25-28)48-45(47-43)34-15-9-19-38-42(34)33-23-20-27(24-40(33)51-38)29-14-8-18-37-41(29)32-13-5-7-17-36(32)49-37/h1-25,30-31,35,39H. The number of aromatic nitrogens is 3. The molecule has 242 valence electrons. The van der Waals surface area contributed by atoms with Crippen molar-refractivity contribution in [3.63, 3.8) is 0 Å². The van der Waals surface area contributed by atoms with Gasteiger partial charge in [-0.15, -0.1) is 0 Å². The van der Waals surface area contributed by atoms with Crippen molar-refractivity contribution in [1.29, 1.82) is 0 Å². The molecule has 0 spiro atoms. The molecule has 1 saturated heterocycles. The highest BCUT2D eigenvalue weighted by Gasteiger charge is 2.41. The van der Waals surface area contributed by atoms with Gasteiger partial charge in [-0.1, -0.05) is 115 Å². The third-order valence-electron chi connectivity index (χ3n) is 10.5. The number of allylic oxidation sites excluding steroid dienone is 4. The second-order valence-corrected chi connectivity index (χ2v) is 13.4. The summed E-state index contributed by atoms with van der Waals surface area (Å²) in [6.45, 7) is 0. The minimum Gasteiger partial charge on any atom is -0.456 e. The Hall–Kier alpha value is -6.37. The normalized spacial score (nSPS) is 20.7. The predicted molar refractivity (Wildman–Crippen MR) is 202 cm³/mol. The van der Waals surface area contributed by atoms with Gasteiger partial charge < -0.3 is 13.6 Å². The Morgan fingerprint density at radius 1 is 0.471 bits per heavy atom. The Labute approximate surface area is 292 Å². The van der Waals surface area contributed by atoms with Crippen molar-refractivity contribution in [2.45, 2.75) is 12.2 Å². The zero-order valence-electron chi connectivity index (χ0n) is 27.3. The molecule has 0 N–H and O–H groups in total. The quantitative estimate of drug-likeness (QED) is 0.187. The Morgan fingerprint density at radius 3 is 2.06 bits per heavy atom. The van der Waals surface area contributed by atoms with Gasteiger partial charge in [-0.05, 0) is 47.5 Å². The van der Waals surface area contributed by atoms with E-state index in [1.807, 2.05) is 66.7 Å². The number of furan rings is 2. The highest BCUT2D eigenvalue weighted by atomic mass is 16.5. The van der Waals surface area contributed by atoms with E-state index in [9.17, 15) is 0 Å². The average Bonchev–Trinajstić information content (AvgIpc) is 3.88. The van der Waals surface area contributed by atoms with Crippen molar-refractivity contribution in [2.24, 2.45) is 11.8 Å². The summed E-state index contributed by atoms with van der Waals surface area (Å²) in [6, 6.07) is 37.0. The van der Waals surface area contributed by atoms with Crippen molar-refractivity contribution >= 4 is 49.5 Å². The van der Waals surface area contributed by atoms with Crippen LogP contribution < -0.4 is 0 Å². The van der Waals surface area contributed by atoms with Gasteiger partial charge in [-0.3, -0.25) is 0 Å². The molecule has 6 nitrogen and oxygen atoms in total. The molecule has 2 aliphatic carbocycles. The molecular weight excluding hydrogens is 631 g/mol. The lowest BCUT2D eigenvalue weighted by Gasteiger charge is -2.21. The van der Waals surface area contributed by atoms with Gasteiger partial charge in [0.15, 0.2) is 17.5 Å². The zero-order valence-corrected chi connectivity index (χ0v) is 27.3. The molecule has 6 heteroatoms. The Bertz CT molecular complexity index is 2820. The number of fused-ring (bicyclic) bond motifs is 9. The van der Waals surface area contributed by atoms with Crippen LogP contribution in [0.1, 0.15) is 5.82 Å². The summed E-state index contributed by atoms with van der Waals surface area (Å²) in [5.41, 5.74) is 8.22. The third-order valence-corrected chi connectivity index (χ3v) is 10.5. The number of hydrogen-bond donors (Lipinski definition) is 0. The first-order valence-corrected chi connectivity index (χ1v) is 17.3. The molecule has 11 rings (SSSR count). The molecule has 1 fully saturated rings. The lowest BCUT2D eigenvalue weighted by atomic mass is 9.82. The van der Waals surface area contributed by atoms with Crippen molar-refractivity contribution in [3.05, 3.63) is 158 Å². The second-order valence-electron chi connectivity index (χ2n) is 13.4. The largest absolute Gasteiger partial charge is 0.456 e. The summed E-state index contributed by atoms with van der Waals surface area (Å²) >= 11 is 0.